The highest BCUT2D eigenvalue weighted by Gasteiger charge is 2.21. The fourth-order valence-electron chi connectivity index (χ4n) is 2.15. The number of amides is 1. The molecule has 0 unspecified atom stereocenters. The van der Waals surface area contributed by atoms with Gasteiger partial charge in [0.25, 0.3) is 5.91 Å². The molecule has 1 heterocycles. The predicted molar refractivity (Wildman–Crippen MR) is 89.0 cm³/mol. The minimum atomic E-state index is -0.209. The summed E-state index contributed by atoms with van der Waals surface area (Å²) in [6, 6.07) is 14.8. The van der Waals surface area contributed by atoms with Gasteiger partial charge in [0.1, 0.15) is 18.5 Å². The van der Waals surface area contributed by atoms with Crippen LogP contribution in [0.4, 0.5) is 0 Å². The number of halogens is 1. The first-order chi connectivity index (χ1) is 11.2. The maximum Gasteiger partial charge on any atom is 0.258 e. The zero-order valence-electron chi connectivity index (χ0n) is 12.3. The summed E-state index contributed by atoms with van der Waals surface area (Å²) >= 11 is 3.35. The Hall–Kier alpha value is -2.21. The molecule has 0 saturated heterocycles. The molecular weight excluding hydrogens is 362 g/mol. The van der Waals surface area contributed by atoms with Crippen LogP contribution in [0.15, 0.2) is 53.0 Å². The van der Waals surface area contributed by atoms with Crippen LogP contribution < -0.4 is 19.5 Å². The van der Waals surface area contributed by atoms with Gasteiger partial charge in [-0.15, -0.1) is 0 Å². The van der Waals surface area contributed by atoms with Crippen molar-refractivity contribution in [3.05, 3.63) is 53.0 Å². The van der Waals surface area contributed by atoms with E-state index in [-0.39, 0.29) is 18.6 Å². The fraction of sp³-hybridized carbons (Fsp3) is 0.235. The Kier molecular flexibility index (Phi) is 5.02. The summed E-state index contributed by atoms with van der Waals surface area (Å²) in [6.45, 7) is 0.736. The highest BCUT2D eigenvalue weighted by atomic mass is 79.9. The summed E-state index contributed by atoms with van der Waals surface area (Å²) in [5.41, 5.74) is 0. The fourth-order valence-corrected chi connectivity index (χ4v) is 2.53. The first-order valence-electron chi connectivity index (χ1n) is 7.24. The summed E-state index contributed by atoms with van der Waals surface area (Å²) in [4.78, 5) is 11.8. The Morgan fingerprint density at radius 1 is 1.22 bits per heavy atom. The number of rotatable bonds is 5. The molecule has 3 rings (SSSR count). The second-order valence-corrected chi connectivity index (χ2v) is 5.96. The Morgan fingerprint density at radius 2 is 2.04 bits per heavy atom. The van der Waals surface area contributed by atoms with Crippen LogP contribution in [0.5, 0.6) is 17.2 Å². The zero-order valence-corrected chi connectivity index (χ0v) is 13.9. The van der Waals surface area contributed by atoms with Crippen molar-refractivity contribution in [3.63, 3.8) is 0 Å². The molecule has 1 atom stereocenters. The zero-order chi connectivity index (χ0) is 16.1. The first kappa shape index (κ1) is 15.7. The van der Waals surface area contributed by atoms with E-state index in [0.29, 0.717) is 24.7 Å². The van der Waals surface area contributed by atoms with E-state index in [2.05, 4.69) is 21.2 Å². The van der Waals surface area contributed by atoms with E-state index in [0.717, 1.165) is 10.2 Å². The van der Waals surface area contributed by atoms with Crippen molar-refractivity contribution in [2.75, 3.05) is 19.8 Å². The summed E-state index contributed by atoms with van der Waals surface area (Å²) in [7, 11) is 0. The molecular formula is C17H16BrNO4. The van der Waals surface area contributed by atoms with Gasteiger partial charge in [-0.3, -0.25) is 4.79 Å². The second kappa shape index (κ2) is 7.37. The van der Waals surface area contributed by atoms with Crippen molar-refractivity contribution in [3.8, 4) is 17.2 Å². The van der Waals surface area contributed by atoms with Gasteiger partial charge in [0.15, 0.2) is 18.1 Å². The highest BCUT2D eigenvalue weighted by molar-refractivity contribution is 9.10. The van der Waals surface area contributed by atoms with Crippen molar-refractivity contribution < 1.29 is 19.0 Å². The highest BCUT2D eigenvalue weighted by Crippen LogP contribution is 2.30. The van der Waals surface area contributed by atoms with E-state index in [9.17, 15) is 4.79 Å². The monoisotopic (exact) mass is 377 g/mol. The molecule has 6 heteroatoms. The quantitative estimate of drug-likeness (QED) is 0.870. The number of benzene rings is 2. The van der Waals surface area contributed by atoms with E-state index in [1.165, 1.54) is 0 Å². The molecule has 0 bridgehead atoms. The number of hydrogen-bond acceptors (Lipinski definition) is 4. The van der Waals surface area contributed by atoms with Gasteiger partial charge < -0.3 is 19.5 Å². The molecule has 2 aromatic rings. The molecule has 1 N–H and O–H groups in total. The topological polar surface area (TPSA) is 56.8 Å². The van der Waals surface area contributed by atoms with Crippen molar-refractivity contribution in [1.82, 2.24) is 5.32 Å². The van der Waals surface area contributed by atoms with Crippen molar-refractivity contribution in [2.45, 2.75) is 6.10 Å². The van der Waals surface area contributed by atoms with Crippen LogP contribution >= 0.6 is 15.9 Å². The summed E-state index contributed by atoms with van der Waals surface area (Å²) in [6.07, 6.45) is -0.209. The van der Waals surface area contributed by atoms with Gasteiger partial charge in [-0.05, 0) is 30.3 Å². The minimum Gasteiger partial charge on any atom is -0.486 e. The third-order valence-electron chi connectivity index (χ3n) is 3.26. The van der Waals surface area contributed by atoms with Crippen LogP contribution in [0.1, 0.15) is 0 Å². The largest absolute Gasteiger partial charge is 0.486 e. The number of carbonyl (C=O) groups is 1. The molecule has 0 saturated carbocycles. The first-order valence-corrected chi connectivity index (χ1v) is 8.03. The van der Waals surface area contributed by atoms with Gasteiger partial charge in [0.2, 0.25) is 0 Å². The lowest BCUT2D eigenvalue weighted by atomic mass is 10.2. The number of para-hydroxylation sites is 2. The maximum absolute atomic E-state index is 11.8. The van der Waals surface area contributed by atoms with Crippen LogP contribution in [0.25, 0.3) is 0 Å². The summed E-state index contributed by atoms with van der Waals surface area (Å²) in [5.74, 6) is 1.87. The Labute approximate surface area is 142 Å². The summed E-state index contributed by atoms with van der Waals surface area (Å²) < 4.78 is 17.7. The van der Waals surface area contributed by atoms with E-state index in [4.69, 9.17) is 14.2 Å². The van der Waals surface area contributed by atoms with Crippen molar-refractivity contribution in [2.24, 2.45) is 0 Å². The van der Waals surface area contributed by atoms with Crippen molar-refractivity contribution >= 4 is 21.8 Å². The molecule has 0 spiro atoms. The molecule has 1 aliphatic rings. The average Bonchev–Trinajstić information content (AvgIpc) is 2.58. The average molecular weight is 378 g/mol. The van der Waals surface area contributed by atoms with Gasteiger partial charge in [0.05, 0.1) is 6.54 Å². The third-order valence-corrected chi connectivity index (χ3v) is 3.75. The molecule has 0 radical (unpaired) electrons. The van der Waals surface area contributed by atoms with Crippen LogP contribution in [0.3, 0.4) is 0 Å². The van der Waals surface area contributed by atoms with Gasteiger partial charge in [-0.1, -0.05) is 34.1 Å². The van der Waals surface area contributed by atoms with Gasteiger partial charge in [-0.2, -0.15) is 0 Å². The minimum absolute atomic E-state index is 0.0411. The molecule has 5 nitrogen and oxygen atoms in total. The number of fused-ring (bicyclic) bond motifs is 1. The van der Waals surface area contributed by atoms with E-state index >= 15 is 0 Å². The van der Waals surface area contributed by atoms with Crippen LogP contribution in [0, 0.1) is 0 Å². The number of ether oxygens (including phenoxy) is 3. The predicted octanol–water partition coefficient (Wildman–Crippen LogP) is 2.78. The number of carbonyl (C=O) groups excluding carboxylic acids is 1. The Bertz CT molecular complexity index is 692. The van der Waals surface area contributed by atoms with Crippen LogP contribution in [-0.4, -0.2) is 31.8 Å². The molecule has 0 aromatic heterocycles. The smallest absolute Gasteiger partial charge is 0.258 e. The van der Waals surface area contributed by atoms with E-state index in [1.807, 2.05) is 42.5 Å². The number of hydrogen-bond donors (Lipinski definition) is 1. The normalized spacial score (nSPS) is 15.8. The maximum atomic E-state index is 11.8. The number of nitrogens with one attached hydrogen (secondary N) is 1. The lowest BCUT2D eigenvalue weighted by Crippen LogP contribution is -2.42. The van der Waals surface area contributed by atoms with E-state index < -0.39 is 0 Å². The van der Waals surface area contributed by atoms with Crippen molar-refractivity contribution in [1.29, 1.82) is 0 Å². The van der Waals surface area contributed by atoms with Crippen LogP contribution in [0.2, 0.25) is 0 Å². The van der Waals surface area contributed by atoms with Gasteiger partial charge >= 0.3 is 0 Å². The standard InChI is InChI=1S/C17H16BrNO4/c18-12-4-3-5-13(8-12)21-11-17(20)19-9-14-10-22-15-6-1-2-7-16(15)23-14/h1-8,14H,9-11H2,(H,19,20)/t14-/m1/s1. The van der Waals surface area contributed by atoms with Gasteiger partial charge in [0, 0.05) is 4.47 Å². The molecule has 120 valence electrons. The van der Waals surface area contributed by atoms with E-state index in [1.54, 1.807) is 6.07 Å². The molecule has 0 aliphatic carbocycles. The van der Waals surface area contributed by atoms with Crippen LogP contribution in [-0.2, 0) is 4.79 Å². The SMILES string of the molecule is O=C(COc1cccc(Br)c1)NC[C@@H]1COc2ccccc2O1. The molecule has 1 aliphatic heterocycles. The molecule has 2 aromatic carbocycles. The third kappa shape index (κ3) is 4.39. The Balaban J connectivity index is 1.43. The Morgan fingerprint density at radius 3 is 2.87 bits per heavy atom. The lowest BCUT2D eigenvalue weighted by molar-refractivity contribution is -0.123. The second-order valence-electron chi connectivity index (χ2n) is 5.05. The molecule has 0 fully saturated rings. The van der Waals surface area contributed by atoms with Gasteiger partial charge in [-0.25, -0.2) is 0 Å². The molecule has 1 amide bonds. The lowest BCUT2D eigenvalue weighted by Gasteiger charge is -2.26. The molecule has 23 heavy (non-hydrogen) atoms. The summed E-state index contributed by atoms with van der Waals surface area (Å²) in [5, 5.41) is 2.79.